The average molecular weight is 229 g/mol. The van der Waals surface area contributed by atoms with E-state index in [0.29, 0.717) is 12.0 Å². The van der Waals surface area contributed by atoms with E-state index in [1.165, 1.54) is 36.0 Å². The van der Waals surface area contributed by atoms with Crippen LogP contribution in [0.25, 0.3) is 11.0 Å². The molecule has 1 saturated carbocycles. The summed E-state index contributed by atoms with van der Waals surface area (Å²) < 4.78 is 6.05. The number of para-hydroxylation sites is 1. The van der Waals surface area contributed by atoms with Crippen LogP contribution in [0.5, 0.6) is 0 Å². The zero-order chi connectivity index (χ0) is 11.8. The fraction of sp³-hybridized carbons (Fsp3) is 0.467. The highest BCUT2D eigenvalue weighted by Gasteiger charge is 2.27. The zero-order valence-corrected chi connectivity index (χ0v) is 10.5. The second kappa shape index (κ2) is 4.19. The molecule has 1 aromatic carbocycles. The van der Waals surface area contributed by atoms with Crippen LogP contribution in [0.2, 0.25) is 0 Å². The van der Waals surface area contributed by atoms with E-state index in [2.05, 4.69) is 43.6 Å². The molecular weight excluding hydrogens is 210 g/mol. The maximum absolute atomic E-state index is 6.05. The molecule has 0 spiro atoms. The standard InChI is InChI=1S/C15H19NO/c1-10-4-3-5-12-9-14(17-15(10)12)11-6-7-13(8-11)16-2/h3-5,9,11,13,16H,6-8H2,1-2H3. The molecule has 0 bridgehead atoms. The van der Waals surface area contributed by atoms with Gasteiger partial charge in [0.25, 0.3) is 0 Å². The van der Waals surface area contributed by atoms with Crippen molar-refractivity contribution < 1.29 is 4.42 Å². The third kappa shape index (κ3) is 1.87. The summed E-state index contributed by atoms with van der Waals surface area (Å²) in [7, 11) is 2.05. The highest BCUT2D eigenvalue weighted by Crippen LogP contribution is 2.37. The molecule has 1 N–H and O–H groups in total. The van der Waals surface area contributed by atoms with Crippen LogP contribution in [0.15, 0.2) is 28.7 Å². The van der Waals surface area contributed by atoms with Crippen LogP contribution >= 0.6 is 0 Å². The van der Waals surface area contributed by atoms with Crippen molar-refractivity contribution in [1.82, 2.24) is 5.32 Å². The van der Waals surface area contributed by atoms with Gasteiger partial charge in [0.1, 0.15) is 11.3 Å². The van der Waals surface area contributed by atoms with Gasteiger partial charge in [-0.3, -0.25) is 0 Å². The Bertz CT molecular complexity index is 529. The van der Waals surface area contributed by atoms with E-state index < -0.39 is 0 Å². The van der Waals surface area contributed by atoms with Crippen LogP contribution in [-0.4, -0.2) is 13.1 Å². The van der Waals surface area contributed by atoms with Gasteiger partial charge in [0.15, 0.2) is 0 Å². The van der Waals surface area contributed by atoms with E-state index in [-0.39, 0.29) is 0 Å². The lowest BCUT2D eigenvalue weighted by Gasteiger charge is -2.07. The van der Waals surface area contributed by atoms with Crippen molar-refractivity contribution in [3.63, 3.8) is 0 Å². The molecule has 3 rings (SSSR count). The predicted molar refractivity (Wildman–Crippen MR) is 70.4 cm³/mol. The molecule has 1 aliphatic rings. The molecule has 1 aliphatic carbocycles. The molecule has 2 nitrogen and oxygen atoms in total. The van der Waals surface area contributed by atoms with Gasteiger partial charge in [-0.15, -0.1) is 0 Å². The van der Waals surface area contributed by atoms with Gasteiger partial charge in [0.05, 0.1) is 0 Å². The average Bonchev–Trinajstić information content (AvgIpc) is 2.95. The first-order chi connectivity index (χ1) is 8.28. The molecule has 0 radical (unpaired) electrons. The SMILES string of the molecule is CNC1CCC(c2cc3cccc(C)c3o2)C1. The molecular formula is C15H19NO. The van der Waals surface area contributed by atoms with E-state index in [1.54, 1.807) is 0 Å². The molecule has 90 valence electrons. The van der Waals surface area contributed by atoms with Gasteiger partial charge in [0.2, 0.25) is 0 Å². The lowest BCUT2D eigenvalue weighted by molar-refractivity contribution is 0.482. The summed E-state index contributed by atoms with van der Waals surface area (Å²) in [6, 6.07) is 9.24. The summed E-state index contributed by atoms with van der Waals surface area (Å²) in [4.78, 5) is 0. The number of furan rings is 1. The summed E-state index contributed by atoms with van der Waals surface area (Å²) in [5.74, 6) is 1.77. The van der Waals surface area contributed by atoms with Crippen molar-refractivity contribution in [3.8, 4) is 0 Å². The summed E-state index contributed by atoms with van der Waals surface area (Å²) >= 11 is 0. The minimum atomic E-state index is 0.597. The van der Waals surface area contributed by atoms with Crippen molar-refractivity contribution in [1.29, 1.82) is 0 Å². The Morgan fingerprint density at radius 2 is 2.18 bits per heavy atom. The van der Waals surface area contributed by atoms with Crippen molar-refractivity contribution >= 4 is 11.0 Å². The predicted octanol–water partition coefficient (Wildman–Crippen LogP) is 3.60. The summed E-state index contributed by atoms with van der Waals surface area (Å²) in [5.41, 5.74) is 2.30. The first-order valence-corrected chi connectivity index (χ1v) is 6.44. The van der Waals surface area contributed by atoms with Crippen molar-refractivity contribution in [2.75, 3.05) is 7.05 Å². The third-order valence-corrected chi connectivity index (χ3v) is 4.00. The van der Waals surface area contributed by atoms with E-state index in [1.807, 2.05) is 0 Å². The molecule has 2 unspecified atom stereocenters. The molecule has 0 saturated heterocycles. The monoisotopic (exact) mass is 229 g/mol. The Hall–Kier alpha value is -1.28. The van der Waals surface area contributed by atoms with Crippen LogP contribution in [0.4, 0.5) is 0 Å². The molecule has 1 heterocycles. The van der Waals surface area contributed by atoms with Gasteiger partial charge in [-0.2, -0.15) is 0 Å². The minimum absolute atomic E-state index is 0.597. The number of hydrogen-bond acceptors (Lipinski definition) is 2. The molecule has 1 fully saturated rings. The Balaban J connectivity index is 1.94. The number of hydrogen-bond donors (Lipinski definition) is 1. The largest absolute Gasteiger partial charge is 0.461 e. The van der Waals surface area contributed by atoms with E-state index in [9.17, 15) is 0 Å². The molecule has 2 atom stereocenters. The normalized spacial score (nSPS) is 24.6. The van der Waals surface area contributed by atoms with Crippen molar-refractivity contribution in [2.24, 2.45) is 0 Å². The zero-order valence-electron chi connectivity index (χ0n) is 10.5. The first kappa shape index (κ1) is 10.8. The second-order valence-electron chi connectivity index (χ2n) is 5.14. The molecule has 2 heteroatoms. The van der Waals surface area contributed by atoms with Gasteiger partial charge < -0.3 is 9.73 Å². The summed E-state index contributed by atoms with van der Waals surface area (Å²) in [6.45, 7) is 2.11. The number of benzene rings is 1. The van der Waals surface area contributed by atoms with Crippen molar-refractivity contribution in [2.45, 2.75) is 38.1 Å². The van der Waals surface area contributed by atoms with Gasteiger partial charge in [0, 0.05) is 17.3 Å². The van der Waals surface area contributed by atoms with Gasteiger partial charge in [-0.1, -0.05) is 18.2 Å². The van der Waals surface area contributed by atoms with Crippen LogP contribution in [0, 0.1) is 6.92 Å². The third-order valence-electron chi connectivity index (χ3n) is 4.00. The minimum Gasteiger partial charge on any atom is -0.461 e. The van der Waals surface area contributed by atoms with Crippen LogP contribution in [-0.2, 0) is 0 Å². The molecule has 0 amide bonds. The fourth-order valence-electron chi connectivity index (χ4n) is 2.93. The summed E-state index contributed by atoms with van der Waals surface area (Å²) in [5, 5.41) is 4.61. The quantitative estimate of drug-likeness (QED) is 0.851. The topological polar surface area (TPSA) is 25.2 Å². The Labute approximate surface area is 102 Å². The van der Waals surface area contributed by atoms with Gasteiger partial charge in [-0.05, 0) is 44.9 Å². The van der Waals surface area contributed by atoms with E-state index in [4.69, 9.17) is 4.42 Å². The highest BCUT2D eigenvalue weighted by atomic mass is 16.3. The fourth-order valence-corrected chi connectivity index (χ4v) is 2.93. The number of rotatable bonds is 2. The number of nitrogens with one attached hydrogen (secondary N) is 1. The van der Waals surface area contributed by atoms with Crippen LogP contribution in [0.3, 0.4) is 0 Å². The number of fused-ring (bicyclic) bond motifs is 1. The lowest BCUT2D eigenvalue weighted by Crippen LogP contribution is -2.20. The lowest BCUT2D eigenvalue weighted by atomic mass is 10.0. The van der Waals surface area contributed by atoms with Gasteiger partial charge >= 0.3 is 0 Å². The highest BCUT2D eigenvalue weighted by molar-refractivity contribution is 5.81. The molecule has 0 aliphatic heterocycles. The molecule has 17 heavy (non-hydrogen) atoms. The Morgan fingerprint density at radius 1 is 1.29 bits per heavy atom. The van der Waals surface area contributed by atoms with Crippen molar-refractivity contribution in [3.05, 3.63) is 35.6 Å². The maximum Gasteiger partial charge on any atom is 0.137 e. The van der Waals surface area contributed by atoms with Crippen LogP contribution in [0.1, 0.15) is 36.5 Å². The number of aryl methyl sites for hydroxylation is 1. The molecule has 1 aromatic heterocycles. The second-order valence-corrected chi connectivity index (χ2v) is 5.14. The Morgan fingerprint density at radius 3 is 2.88 bits per heavy atom. The smallest absolute Gasteiger partial charge is 0.137 e. The maximum atomic E-state index is 6.05. The summed E-state index contributed by atoms with van der Waals surface area (Å²) in [6.07, 6.45) is 3.71. The van der Waals surface area contributed by atoms with E-state index in [0.717, 1.165) is 5.58 Å². The first-order valence-electron chi connectivity index (χ1n) is 6.44. The molecule has 2 aromatic rings. The Kier molecular flexibility index (Phi) is 2.67. The van der Waals surface area contributed by atoms with E-state index >= 15 is 0 Å². The van der Waals surface area contributed by atoms with Gasteiger partial charge in [-0.25, -0.2) is 0 Å². The van der Waals surface area contributed by atoms with Crippen LogP contribution < -0.4 is 5.32 Å².